The van der Waals surface area contributed by atoms with Crippen LogP contribution in [0.3, 0.4) is 0 Å². The first-order valence-electron chi connectivity index (χ1n) is 9.38. The zero-order valence-electron chi connectivity index (χ0n) is 14.2. The molecule has 4 rings (SSSR count). The van der Waals surface area contributed by atoms with Gasteiger partial charge >= 0.3 is 0 Å². The molecule has 2 amide bonds. The van der Waals surface area contributed by atoms with E-state index in [9.17, 15) is 9.59 Å². The molecule has 5 heteroatoms. The van der Waals surface area contributed by atoms with Crippen molar-refractivity contribution in [1.29, 1.82) is 0 Å². The second kappa shape index (κ2) is 6.08. The van der Waals surface area contributed by atoms with Gasteiger partial charge in [-0.1, -0.05) is 6.42 Å². The molecule has 0 aromatic rings. The van der Waals surface area contributed by atoms with Crippen molar-refractivity contribution in [3.8, 4) is 0 Å². The summed E-state index contributed by atoms with van der Waals surface area (Å²) >= 11 is 0. The highest BCUT2D eigenvalue weighted by Gasteiger charge is 2.47. The van der Waals surface area contributed by atoms with Gasteiger partial charge in [-0.2, -0.15) is 0 Å². The van der Waals surface area contributed by atoms with E-state index in [0.29, 0.717) is 31.0 Å². The molecule has 2 saturated heterocycles. The lowest BCUT2D eigenvalue weighted by atomic mass is 9.94. The van der Waals surface area contributed by atoms with Gasteiger partial charge in [0, 0.05) is 25.0 Å². The number of fused-ring (bicyclic) bond motifs is 2. The molecular weight excluding hydrogens is 290 g/mol. The Balaban J connectivity index is 1.32. The van der Waals surface area contributed by atoms with E-state index in [-0.39, 0.29) is 17.7 Å². The molecule has 4 unspecified atom stereocenters. The summed E-state index contributed by atoms with van der Waals surface area (Å²) < 4.78 is 0. The molecule has 4 fully saturated rings. The molecule has 2 saturated carbocycles. The second-order valence-corrected chi connectivity index (χ2v) is 8.28. The Bertz CT molecular complexity index is 487. The molecule has 128 valence electrons. The first-order chi connectivity index (χ1) is 11.1. The van der Waals surface area contributed by atoms with E-state index >= 15 is 0 Å². The van der Waals surface area contributed by atoms with Gasteiger partial charge in [-0.05, 0) is 64.1 Å². The third-order valence-electron chi connectivity index (χ3n) is 6.70. The van der Waals surface area contributed by atoms with Crippen LogP contribution in [-0.2, 0) is 9.59 Å². The van der Waals surface area contributed by atoms with Gasteiger partial charge < -0.3 is 15.1 Å². The van der Waals surface area contributed by atoms with Crippen LogP contribution in [0.5, 0.6) is 0 Å². The molecular formula is C18H29N3O2. The molecule has 2 aliphatic heterocycles. The van der Waals surface area contributed by atoms with Gasteiger partial charge in [-0.25, -0.2) is 0 Å². The summed E-state index contributed by atoms with van der Waals surface area (Å²) in [6, 6.07) is 0.729. The fraction of sp³-hybridized carbons (Fsp3) is 0.889. The van der Waals surface area contributed by atoms with Crippen molar-refractivity contribution >= 4 is 11.8 Å². The summed E-state index contributed by atoms with van der Waals surface area (Å²) in [5.41, 5.74) is 0. The van der Waals surface area contributed by atoms with Crippen molar-refractivity contribution in [3.05, 3.63) is 0 Å². The Kier molecular flexibility index (Phi) is 4.08. The van der Waals surface area contributed by atoms with Crippen LogP contribution < -0.4 is 5.32 Å². The number of rotatable bonds is 3. The summed E-state index contributed by atoms with van der Waals surface area (Å²) in [5.74, 6) is 1.75. The summed E-state index contributed by atoms with van der Waals surface area (Å²) in [6.45, 7) is 2.75. The number of nitrogens with zero attached hydrogens (tertiary/aromatic N) is 2. The Morgan fingerprint density at radius 3 is 2.57 bits per heavy atom. The van der Waals surface area contributed by atoms with Gasteiger partial charge in [0.05, 0.1) is 5.92 Å². The number of likely N-dealkylation sites (tertiary alicyclic amines) is 2. The van der Waals surface area contributed by atoms with Crippen LogP contribution >= 0.6 is 0 Å². The Hall–Kier alpha value is -1.10. The molecule has 5 nitrogen and oxygen atoms in total. The van der Waals surface area contributed by atoms with Crippen LogP contribution in [-0.4, -0.2) is 60.4 Å². The molecule has 2 heterocycles. The van der Waals surface area contributed by atoms with E-state index in [0.717, 1.165) is 31.8 Å². The maximum absolute atomic E-state index is 12.6. The fourth-order valence-electron chi connectivity index (χ4n) is 5.29. The number of amides is 2. The van der Waals surface area contributed by atoms with E-state index in [4.69, 9.17) is 0 Å². The third kappa shape index (κ3) is 3.00. The summed E-state index contributed by atoms with van der Waals surface area (Å²) in [5, 5.41) is 3.20. The van der Waals surface area contributed by atoms with Crippen molar-refractivity contribution < 1.29 is 9.59 Å². The maximum Gasteiger partial charge on any atom is 0.225 e. The van der Waals surface area contributed by atoms with Crippen LogP contribution in [0.15, 0.2) is 0 Å². The molecule has 0 aromatic carbocycles. The average Bonchev–Trinajstić information content (AvgIpc) is 3.24. The van der Waals surface area contributed by atoms with Gasteiger partial charge in [-0.3, -0.25) is 9.59 Å². The van der Waals surface area contributed by atoms with Gasteiger partial charge in [0.15, 0.2) is 0 Å². The van der Waals surface area contributed by atoms with Crippen molar-refractivity contribution in [2.45, 2.75) is 57.0 Å². The number of piperidine rings is 1. The largest absolute Gasteiger partial charge is 0.353 e. The Labute approximate surface area is 138 Å². The van der Waals surface area contributed by atoms with Crippen molar-refractivity contribution in [1.82, 2.24) is 15.1 Å². The van der Waals surface area contributed by atoms with Gasteiger partial charge in [0.1, 0.15) is 0 Å². The number of carbonyl (C=O) groups excluding carboxylic acids is 2. The molecule has 0 spiro atoms. The fourth-order valence-corrected chi connectivity index (χ4v) is 5.29. The highest BCUT2D eigenvalue weighted by Crippen LogP contribution is 2.47. The zero-order valence-corrected chi connectivity index (χ0v) is 14.2. The van der Waals surface area contributed by atoms with Crippen molar-refractivity contribution in [3.63, 3.8) is 0 Å². The van der Waals surface area contributed by atoms with E-state index in [1.165, 1.54) is 25.7 Å². The lowest BCUT2D eigenvalue weighted by Gasteiger charge is -2.32. The van der Waals surface area contributed by atoms with Crippen LogP contribution in [0.25, 0.3) is 0 Å². The molecule has 0 aromatic heterocycles. The second-order valence-electron chi connectivity index (χ2n) is 8.28. The predicted octanol–water partition coefficient (Wildman–Crippen LogP) is 1.23. The highest BCUT2D eigenvalue weighted by atomic mass is 16.2. The number of carbonyl (C=O) groups is 2. The summed E-state index contributed by atoms with van der Waals surface area (Å²) in [7, 11) is 2.13. The molecule has 2 aliphatic carbocycles. The zero-order chi connectivity index (χ0) is 16.0. The van der Waals surface area contributed by atoms with E-state index < -0.39 is 0 Å². The molecule has 4 atom stereocenters. The van der Waals surface area contributed by atoms with Gasteiger partial charge in [0.25, 0.3) is 0 Å². The van der Waals surface area contributed by atoms with Crippen molar-refractivity contribution in [2.24, 2.45) is 17.8 Å². The first kappa shape index (κ1) is 15.4. The minimum atomic E-state index is -0.124. The molecule has 23 heavy (non-hydrogen) atoms. The van der Waals surface area contributed by atoms with Crippen LogP contribution in [0, 0.1) is 17.8 Å². The molecule has 2 bridgehead atoms. The smallest absolute Gasteiger partial charge is 0.225 e. The number of hydrogen-bond acceptors (Lipinski definition) is 3. The van der Waals surface area contributed by atoms with Gasteiger partial charge in [0.2, 0.25) is 11.8 Å². The minimum Gasteiger partial charge on any atom is -0.353 e. The lowest BCUT2D eigenvalue weighted by molar-refractivity contribution is -0.131. The van der Waals surface area contributed by atoms with E-state index in [2.05, 4.69) is 22.2 Å². The standard InChI is InChI=1S/C18H29N3O2/c1-20-6-4-15(5-7-20)19-18(23)14-10-17(22)21(11-14)16-9-12-2-3-13(16)8-12/h12-16H,2-11H2,1H3,(H,19,23). The SMILES string of the molecule is CN1CCC(NC(=O)C2CC(=O)N(C3CC4CCC3C4)C2)CC1. The minimum absolute atomic E-state index is 0.110. The highest BCUT2D eigenvalue weighted by molar-refractivity contribution is 5.89. The molecule has 1 N–H and O–H groups in total. The number of hydrogen-bond donors (Lipinski definition) is 1. The Morgan fingerprint density at radius 1 is 1.13 bits per heavy atom. The summed E-state index contributed by atoms with van der Waals surface area (Å²) in [6.07, 6.45) is 7.60. The summed E-state index contributed by atoms with van der Waals surface area (Å²) in [4.78, 5) is 29.3. The quantitative estimate of drug-likeness (QED) is 0.851. The maximum atomic E-state index is 12.6. The number of nitrogens with one attached hydrogen (secondary N) is 1. The molecule has 4 aliphatic rings. The average molecular weight is 319 g/mol. The topological polar surface area (TPSA) is 52.7 Å². The van der Waals surface area contributed by atoms with Crippen LogP contribution in [0.4, 0.5) is 0 Å². The first-order valence-corrected chi connectivity index (χ1v) is 9.38. The van der Waals surface area contributed by atoms with Crippen molar-refractivity contribution in [2.75, 3.05) is 26.7 Å². The third-order valence-corrected chi connectivity index (χ3v) is 6.70. The monoisotopic (exact) mass is 319 g/mol. The van der Waals surface area contributed by atoms with Crippen LogP contribution in [0.1, 0.15) is 44.9 Å². The van der Waals surface area contributed by atoms with E-state index in [1.54, 1.807) is 0 Å². The Morgan fingerprint density at radius 2 is 1.91 bits per heavy atom. The predicted molar refractivity (Wildman–Crippen MR) is 87.7 cm³/mol. The van der Waals surface area contributed by atoms with E-state index in [1.807, 2.05) is 0 Å². The lowest BCUT2D eigenvalue weighted by Crippen LogP contribution is -2.46. The van der Waals surface area contributed by atoms with Gasteiger partial charge in [-0.15, -0.1) is 0 Å². The molecule has 0 radical (unpaired) electrons. The van der Waals surface area contributed by atoms with Crippen LogP contribution in [0.2, 0.25) is 0 Å². The normalized spacial score (nSPS) is 38.5.